The molecular weight excluding hydrogens is 490 g/mol. The number of nitrogens with zero attached hydrogens (tertiary/aromatic N) is 7. The van der Waals surface area contributed by atoms with Crippen LogP contribution in [0.1, 0.15) is 32.6 Å². The molecule has 204 valence electrons. The molecule has 1 saturated carbocycles. The summed E-state index contributed by atoms with van der Waals surface area (Å²) in [6, 6.07) is 1.82. The Kier molecular flexibility index (Phi) is 7.72. The number of piperidine rings is 2. The van der Waals surface area contributed by atoms with Crippen molar-refractivity contribution in [1.82, 2.24) is 29.7 Å². The first-order chi connectivity index (χ1) is 18.4. The SMILES string of the molecule is CCOc1cnc(NC(=O)N(C)[C@@H]2CCCN(c3nccc(NC(=O)O[C@H]4C[C@H]5C[C@@H]4CN5C)n3)C2)cn1. The highest BCUT2D eigenvalue weighted by Crippen LogP contribution is 2.38. The summed E-state index contributed by atoms with van der Waals surface area (Å²) in [4.78, 5) is 48.7. The van der Waals surface area contributed by atoms with Crippen LogP contribution < -0.4 is 20.3 Å². The maximum absolute atomic E-state index is 12.9. The second kappa shape index (κ2) is 11.3. The summed E-state index contributed by atoms with van der Waals surface area (Å²) in [7, 11) is 3.88. The zero-order chi connectivity index (χ0) is 26.6. The van der Waals surface area contributed by atoms with Gasteiger partial charge in [-0.15, -0.1) is 0 Å². The molecule has 4 atom stereocenters. The first kappa shape index (κ1) is 25.9. The van der Waals surface area contributed by atoms with Gasteiger partial charge in [-0.3, -0.25) is 10.6 Å². The van der Waals surface area contributed by atoms with E-state index in [2.05, 4.69) is 42.5 Å². The summed E-state index contributed by atoms with van der Waals surface area (Å²) in [6.45, 7) is 4.64. The van der Waals surface area contributed by atoms with Gasteiger partial charge in [-0.2, -0.15) is 4.98 Å². The predicted molar refractivity (Wildman–Crippen MR) is 140 cm³/mol. The summed E-state index contributed by atoms with van der Waals surface area (Å²) in [5.74, 6) is 2.05. The van der Waals surface area contributed by atoms with E-state index in [4.69, 9.17) is 9.47 Å². The van der Waals surface area contributed by atoms with Crippen molar-refractivity contribution in [3.8, 4) is 5.88 Å². The molecule has 3 aliphatic rings. The first-order valence-electron chi connectivity index (χ1n) is 13.1. The molecule has 2 aromatic heterocycles. The molecule has 0 unspecified atom stereocenters. The van der Waals surface area contributed by atoms with Gasteiger partial charge in [-0.05, 0) is 39.3 Å². The lowest BCUT2D eigenvalue weighted by Gasteiger charge is -2.37. The van der Waals surface area contributed by atoms with Gasteiger partial charge in [-0.1, -0.05) is 0 Å². The van der Waals surface area contributed by atoms with Crippen LogP contribution in [-0.4, -0.2) is 100 Å². The molecule has 1 aliphatic carbocycles. The quantitative estimate of drug-likeness (QED) is 0.554. The smallest absolute Gasteiger partial charge is 0.413 e. The summed E-state index contributed by atoms with van der Waals surface area (Å²) in [6.07, 6.45) is 7.71. The number of hydrogen-bond donors (Lipinski definition) is 2. The van der Waals surface area contributed by atoms with Crippen molar-refractivity contribution in [3.63, 3.8) is 0 Å². The van der Waals surface area contributed by atoms with Crippen LogP contribution in [0.5, 0.6) is 5.88 Å². The number of ether oxygens (including phenoxy) is 2. The summed E-state index contributed by atoms with van der Waals surface area (Å²) < 4.78 is 11.0. The van der Waals surface area contributed by atoms with Crippen LogP contribution in [0.25, 0.3) is 0 Å². The Balaban J connectivity index is 1.14. The lowest BCUT2D eigenvalue weighted by atomic mass is 10.1. The molecule has 2 aromatic rings. The Morgan fingerprint density at radius 2 is 2.00 bits per heavy atom. The highest BCUT2D eigenvalue weighted by Gasteiger charge is 2.45. The predicted octanol–water partition coefficient (Wildman–Crippen LogP) is 2.44. The number of likely N-dealkylation sites (tertiary alicyclic amines) is 1. The topological polar surface area (TPSA) is 138 Å². The Labute approximate surface area is 221 Å². The number of carbonyl (C=O) groups is 2. The zero-order valence-electron chi connectivity index (χ0n) is 22.0. The fraction of sp³-hybridized carbons (Fsp3) is 0.600. The second-order valence-corrected chi connectivity index (χ2v) is 10.1. The molecule has 2 bridgehead atoms. The van der Waals surface area contributed by atoms with Crippen LogP contribution >= 0.6 is 0 Å². The number of aromatic nitrogens is 4. The van der Waals surface area contributed by atoms with Crippen LogP contribution in [0, 0.1) is 5.92 Å². The molecule has 13 heteroatoms. The van der Waals surface area contributed by atoms with Crippen LogP contribution in [0.15, 0.2) is 24.7 Å². The van der Waals surface area contributed by atoms with Crippen LogP contribution in [0.4, 0.5) is 27.2 Å². The van der Waals surface area contributed by atoms with E-state index in [1.54, 1.807) is 24.2 Å². The fourth-order valence-corrected chi connectivity index (χ4v) is 5.53. The zero-order valence-corrected chi connectivity index (χ0v) is 22.0. The van der Waals surface area contributed by atoms with Crippen molar-refractivity contribution in [3.05, 3.63) is 24.7 Å². The van der Waals surface area contributed by atoms with E-state index in [-0.39, 0.29) is 18.2 Å². The number of urea groups is 1. The number of hydrogen-bond acceptors (Lipinski definition) is 10. The number of rotatable bonds is 7. The molecule has 0 spiro atoms. The van der Waals surface area contributed by atoms with E-state index in [9.17, 15) is 9.59 Å². The van der Waals surface area contributed by atoms with E-state index in [0.717, 1.165) is 38.8 Å². The van der Waals surface area contributed by atoms with Gasteiger partial charge >= 0.3 is 12.1 Å². The molecule has 2 aliphatic heterocycles. The van der Waals surface area contributed by atoms with E-state index in [1.165, 1.54) is 12.4 Å². The van der Waals surface area contributed by atoms with Crippen molar-refractivity contribution in [1.29, 1.82) is 0 Å². The van der Waals surface area contributed by atoms with Crippen molar-refractivity contribution in [2.75, 3.05) is 55.9 Å². The lowest BCUT2D eigenvalue weighted by Crippen LogP contribution is -2.50. The number of likely N-dealkylation sites (N-methyl/N-ethyl adjacent to an activating group) is 1. The highest BCUT2D eigenvalue weighted by molar-refractivity contribution is 5.88. The number of nitrogens with one attached hydrogen (secondary N) is 2. The number of amides is 3. The van der Waals surface area contributed by atoms with Crippen molar-refractivity contribution in [2.24, 2.45) is 5.92 Å². The molecule has 38 heavy (non-hydrogen) atoms. The molecule has 2 saturated heterocycles. The summed E-state index contributed by atoms with van der Waals surface area (Å²) in [5, 5.41) is 5.54. The van der Waals surface area contributed by atoms with Crippen molar-refractivity contribution < 1.29 is 19.1 Å². The molecule has 4 heterocycles. The van der Waals surface area contributed by atoms with Gasteiger partial charge < -0.3 is 24.2 Å². The molecule has 3 amide bonds. The average Bonchev–Trinajstić information content (AvgIpc) is 3.48. The summed E-state index contributed by atoms with van der Waals surface area (Å²) >= 11 is 0. The third-order valence-corrected chi connectivity index (χ3v) is 7.59. The van der Waals surface area contributed by atoms with Gasteiger partial charge in [-0.25, -0.2) is 24.5 Å². The van der Waals surface area contributed by atoms with Gasteiger partial charge in [0.15, 0.2) is 5.82 Å². The van der Waals surface area contributed by atoms with Crippen LogP contribution in [0.2, 0.25) is 0 Å². The Morgan fingerprint density at radius 1 is 1.13 bits per heavy atom. The molecule has 3 fully saturated rings. The Hall–Kier alpha value is -3.74. The third kappa shape index (κ3) is 5.87. The van der Waals surface area contributed by atoms with E-state index in [0.29, 0.717) is 48.6 Å². The van der Waals surface area contributed by atoms with Crippen molar-refractivity contribution >= 4 is 29.7 Å². The van der Waals surface area contributed by atoms with Gasteiger partial charge in [0.1, 0.15) is 11.9 Å². The van der Waals surface area contributed by atoms with Gasteiger partial charge in [0.2, 0.25) is 11.8 Å². The van der Waals surface area contributed by atoms with Gasteiger partial charge in [0, 0.05) is 51.3 Å². The monoisotopic (exact) mass is 525 g/mol. The largest absolute Gasteiger partial charge is 0.477 e. The standard InChI is InChI=1S/C25H35N9O4/c1-4-37-22-13-27-21(12-28-22)30-24(35)33(3)17-6-5-9-34(15-17)23-26-8-7-20(29-23)31-25(36)38-19-11-18-10-16(19)14-32(18)2/h7-8,12-13,16-19H,4-6,9-11,14-15H2,1-3H3,(H,27,30,35)(H,26,29,31,36)/t16-,17-,18-,19+/m1/s1. The third-order valence-electron chi connectivity index (χ3n) is 7.59. The Morgan fingerprint density at radius 3 is 2.71 bits per heavy atom. The van der Waals surface area contributed by atoms with Gasteiger partial charge in [0.25, 0.3) is 0 Å². The molecule has 5 rings (SSSR count). The van der Waals surface area contributed by atoms with Crippen molar-refractivity contribution in [2.45, 2.75) is 50.8 Å². The fourth-order valence-electron chi connectivity index (χ4n) is 5.53. The number of carbonyl (C=O) groups excluding carboxylic acids is 2. The van der Waals surface area contributed by atoms with Crippen LogP contribution in [-0.2, 0) is 4.74 Å². The second-order valence-electron chi connectivity index (χ2n) is 10.1. The minimum absolute atomic E-state index is 0.0457. The summed E-state index contributed by atoms with van der Waals surface area (Å²) in [5.41, 5.74) is 0. The molecule has 0 radical (unpaired) electrons. The lowest BCUT2D eigenvalue weighted by molar-refractivity contribution is 0.0585. The molecule has 13 nitrogen and oxygen atoms in total. The van der Waals surface area contributed by atoms with E-state index >= 15 is 0 Å². The minimum atomic E-state index is -0.486. The minimum Gasteiger partial charge on any atom is -0.477 e. The van der Waals surface area contributed by atoms with E-state index < -0.39 is 6.09 Å². The maximum atomic E-state index is 12.9. The number of anilines is 3. The first-order valence-corrected chi connectivity index (χ1v) is 13.1. The van der Waals surface area contributed by atoms with Gasteiger partial charge in [0.05, 0.1) is 25.0 Å². The molecule has 0 aromatic carbocycles. The molecule has 2 N–H and O–H groups in total. The highest BCUT2D eigenvalue weighted by atomic mass is 16.6. The average molecular weight is 526 g/mol. The number of fused-ring (bicyclic) bond motifs is 2. The van der Waals surface area contributed by atoms with Crippen LogP contribution in [0.3, 0.4) is 0 Å². The Bertz CT molecular complexity index is 1130. The maximum Gasteiger partial charge on any atom is 0.413 e. The van der Waals surface area contributed by atoms with E-state index in [1.807, 2.05) is 11.8 Å². The molecular formula is C25H35N9O4. The normalized spacial score (nSPS) is 24.7.